The Hall–Kier alpha value is -1.09. The van der Waals surface area contributed by atoms with Crippen molar-refractivity contribution < 1.29 is 9.84 Å². The van der Waals surface area contributed by atoms with Gasteiger partial charge in [-0.1, -0.05) is 6.58 Å². The standard InChI is InChI=1S/C8H13NO2/c1-3-11-6-7(2)4-8(9)5-10/h3-4,9-10H,1,5-6H2,2H3/b7-4+,9-8?. The first-order valence-corrected chi connectivity index (χ1v) is 3.28. The van der Waals surface area contributed by atoms with E-state index in [4.69, 9.17) is 15.3 Å². The van der Waals surface area contributed by atoms with Crippen LogP contribution in [0.25, 0.3) is 0 Å². The summed E-state index contributed by atoms with van der Waals surface area (Å²) in [4.78, 5) is 0. The molecule has 0 saturated carbocycles. The van der Waals surface area contributed by atoms with Crippen molar-refractivity contribution in [2.24, 2.45) is 0 Å². The van der Waals surface area contributed by atoms with Gasteiger partial charge in [0, 0.05) is 0 Å². The van der Waals surface area contributed by atoms with Crippen molar-refractivity contribution in [3.63, 3.8) is 0 Å². The summed E-state index contributed by atoms with van der Waals surface area (Å²) in [6.45, 7) is 5.40. The number of nitrogens with one attached hydrogen (secondary N) is 1. The first kappa shape index (κ1) is 9.91. The molecule has 0 saturated heterocycles. The minimum absolute atomic E-state index is 0.190. The van der Waals surface area contributed by atoms with Crippen molar-refractivity contribution in [1.82, 2.24) is 0 Å². The first-order chi connectivity index (χ1) is 5.20. The molecule has 11 heavy (non-hydrogen) atoms. The summed E-state index contributed by atoms with van der Waals surface area (Å²) in [6.07, 6.45) is 2.92. The van der Waals surface area contributed by atoms with E-state index in [0.717, 1.165) is 5.57 Å². The third-order valence-electron chi connectivity index (χ3n) is 1.02. The molecule has 0 radical (unpaired) electrons. The number of aliphatic hydroxyl groups excluding tert-OH is 1. The molecule has 0 aromatic rings. The highest BCUT2D eigenvalue weighted by atomic mass is 16.5. The fraction of sp³-hybridized carbons (Fsp3) is 0.375. The van der Waals surface area contributed by atoms with Gasteiger partial charge in [-0.05, 0) is 18.6 Å². The average Bonchev–Trinajstić information content (AvgIpc) is 2.00. The van der Waals surface area contributed by atoms with Crippen LogP contribution in [0.1, 0.15) is 6.92 Å². The maximum atomic E-state index is 8.48. The largest absolute Gasteiger partial charge is 0.497 e. The maximum Gasteiger partial charge on any atom is 0.108 e. The number of aliphatic hydroxyl groups is 1. The second-order valence-electron chi connectivity index (χ2n) is 2.15. The van der Waals surface area contributed by atoms with E-state index >= 15 is 0 Å². The lowest BCUT2D eigenvalue weighted by atomic mass is 10.2. The lowest BCUT2D eigenvalue weighted by Crippen LogP contribution is -2.00. The molecule has 0 aliphatic heterocycles. The monoisotopic (exact) mass is 155 g/mol. The van der Waals surface area contributed by atoms with Crippen LogP contribution in [0.15, 0.2) is 24.5 Å². The lowest BCUT2D eigenvalue weighted by Gasteiger charge is -1.99. The van der Waals surface area contributed by atoms with Crippen molar-refractivity contribution in [3.8, 4) is 0 Å². The summed E-state index contributed by atoms with van der Waals surface area (Å²) in [7, 11) is 0. The van der Waals surface area contributed by atoms with Crippen molar-refractivity contribution in [3.05, 3.63) is 24.5 Å². The summed E-state index contributed by atoms with van der Waals surface area (Å²) >= 11 is 0. The zero-order chi connectivity index (χ0) is 8.69. The van der Waals surface area contributed by atoms with E-state index < -0.39 is 0 Å². The summed E-state index contributed by atoms with van der Waals surface area (Å²) in [5, 5.41) is 15.6. The third kappa shape index (κ3) is 5.36. The van der Waals surface area contributed by atoms with Gasteiger partial charge in [0.25, 0.3) is 0 Å². The van der Waals surface area contributed by atoms with Crippen LogP contribution >= 0.6 is 0 Å². The van der Waals surface area contributed by atoms with Gasteiger partial charge in [-0.15, -0.1) is 0 Å². The summed E-state index contributed by atoms with van der Waals surface area (Å²) in [6, 6.07) is 0. The molecule has 0 aromatic carbocycles. The van der Waals surface area contributed by atoms with Crippen LogP contribution < -0.4 is 0 Å². The van der Waals surface area contributed by atoms with Gasteiger partial charge < -0.3 is 15.3 Å². The molecular weight excluding hydrogens is 142 g/mol. The normalized spacial score (nSPS) is 10.9. The predicted octanol–water partition coefficient (Wildman–Crippen LogP) is 1.10. The molecule has 0 aliphatic rings. The Balaban J connectivity index is 3.79. The molecule has 3 heteroatoms. The summed E-state index contributed by atoms with van der Waals surface area (Å²) < 4.78 is 4.86. The van der Waals surface area contributed by atoms with Crippen LogP contribution in [0.5, 0.6) is 0 Å². The van der Waals surface area contributed by atoms with Crippen LogP contribution in [-0.4, -0.2) is 24.0 Å². The van der Waals surface area contributed by atoms with Crippen LogP contribution in [0, 0.1) is 5.41 Å². The van der Waals surface area contributed by atoms with E-state index in [0.29, 0.717) is 6.61 Å². The molecule has 0 fully saturated rings. The zero-order valence-electron chi connectivity index (χ0n) is 6.63. The van der Waals surface area contributed by atoms with E-state index in [9.17, 15) is 0 Å². The Kier molecular flexibility index (Phi) is 5.11. The molecule has 62 valence electrons. The highest BCUT2D eigenvalue weighted by molar-refractivity contribution is 5.93. The topological polar surface area (TPSA) is 53.3 Å². The molecule has 0 heterocycles. The smallest absolute Gasteiger partial charge is 0.108 e. The van der Waals surface area contributed by atoms with Crippen molar-refractivity contribution >= 4 is 5.71 Å². The fourth-order valence-electron chi connectivity index (χ4n) is 0.575. The second kappa shape index (κ2) is 5.68. The van der Waals surface area contributed by atoms with Gasteiger partial charge in [-0.2, -0.15) is 0 Å². The van der Waals surface area contributed by atoms with E-state index in [1.54, 1.807) is 6.08 Å². The molecule has 0 rings (SSSR count). The van der Waals surface area contributed by atoms with Gasteiger partial charge in [-0.25, -0.2) is 0 Å². The maximum absolute atomic E-state index is 8.48. The van der Waals surface area contributed by atoms with Gasteiger partial charge in [0.2, 0.25) is 0 Å². The Morgan fingerprint density at radius 2 is 2.36 bits per heavy atom. The van der Waals surface area contributed by atoms with Gasteiger partial charge in [0.1, 0.15) is 6.61 Å². The van der Waals surface area contributed by atoms with Crippen molar-refractivity contribution in [2.45, 2.75) is 6.92 Å². The highest BCUT2D eigenvalue weighted by Crippen LogP contribution is 1.93. The molecule has 2 N–H and O–H groups in total. The fourth-order valence-corrected chi connectivity index (χ4v) is 0.575. The Morgan fingerprint density at radius 1 is 1.73 bits per heavy atom. The number of hydrogen-bond acceptors (Lipinski definition) is 3. The molecule has 0 aliphatic carbocycles. The third-order valence-corrected chi connectivity index (χ3v) is 1.02. The van der Waals surface area contributed by atoms with E-state index in [1.807, 2.05) is 6.92 Å². The molecule has 0 atom stereocenters. The van der Waals surface area contributed by atoms with Crippen LogP contribution in [0.2, 0.25) is 0 Å². The molecular formula is C8H13NO2. The molecule has 3 nitrogen and oxygen atoms in total. The Morgan fingerprint density at radius 3 is 2.82 bits per heavy atom. The minimum Gasteiger partial charge on any atom is -0.497 e. The molecule has 0 spiro atoms. The number of rotatable bonds is 5. The Bertz CT molecular complexity index is 173. The van der Waals surface area contributed by atoms with E-state index in [2.05, 4.69) is 6.58 Å². The molecule has 0 bridgehead atoms. The summed E-state index contributed by atoms with van der Waals surface area (Å²) in [5.74, 6) is 0. The molecule has 0 unspecified atom stereocenters. The van der Waals surface area contributed by atoms with Crippen molar-refractivity contribution in [1.29, 1.82) is 5.41 Å². The average molecular weight is 155 g/mol. The zero-order valence-corrected chi connectivity index (χ0v) is 6.63. The second-order valence-corrected chi connectivity index (χ2v) is 2.15. The van der Waals surface area contributed by atoms with Gasteiger partial charge in [0.05, 0.1) is 18.6 Å². The van der Waals surface area contributed by atoms with E-state index in [-0.39, 0.29) is 12.3 Å². The molecule has 0 amide bonds. The first-order valence-electron chi connectivity index (χ1n) is 3.28. The van der Waals surface area contributed by atoms with Gasteiger partial charge in [0.15, 0.2) is 0 Å². The lowest BCUT2D eigenvalue weighted by molar-refractivity contribution is 0.282. The van der Waals surface area contributed by atoms with Crippen molar-refractivity contribution in [2.75, 3.05) is 13.2 Å². The Labute approximate surface area is 66.5 Å². The number of ether oxygens (including phenoxy) is 1. The molecule has 0 aromatic heterocycles. The van der Waals surface area contributed by atoms with E-state index in [1.165, 1.54) is 6.26 Å². The van der Waals surface area contributed by atoms with Crippen LogP contribution in [0.3, 0.4) is 0 Å². The van der Waals surface area contributed by atoms with Crippen LogP contribution in [0.4, 0.5) is 0 Å². The summed E-state index contributed by atoms with van der Waals surface area (Å²) in [5.41, 5.74) is 1.08. The van der Waals surface area contributed by atoms with Gasteiger partial charge in [-0.3, -0.25) is 0 Å². The highest BCUT2D eigenvalue weighted by Gasteiger charge is 1.91. The predicted molar refractivity (Wildman–Crippen MR) is 44.7 cm³/mol. The van der Waals surface area contributed by atoms with Gasteiger partial charge >= 0.3 is 0 Å². The number of hydrogen-bond donors (Lipinski definition) is 2. The van der Waals surface area contributed by atoms with Crippen LogP contribution in [-0.2, 0) is 4.74 Å². The minimum atomic E-state index is -0.231. The quantitative estimate of drug-likeness (QED) is 0.461. The SMILES string of the molecule is C=COC/C(C)=C/C(=N)CO.